The number of rotatable bonds is 4. The van der Waals surface area contributed by atoms with E-state index in [9.17, 15) is 9.59 Å². The van der Waals surface area contributed by atoms with Crippen LogP contribution in [0.3, 0.4) is 0 Å². The molecule has 0 bridgehead atoms. The summed E-state index contributed by atoms with van der Waals surface area (Å²) < 4.78 is 2.73. The van der Waals surface area contributed by atoms with Crippen molar-refractivity contribution in [1.29, 1.82) is 0 Å². The Bertz CT molecular complexity index is 1780. The van der Waals surface area contributed by atoms with Gasteiger partial charge in [-0.1, -0.05) is 66.4 Å². The highest BCUT2D eigenvalue weighted by atomic mass is 32.2. The van der Waals surface area contributed by atoms with E-state index in [4.69, 9.17) is 12.2 Å². The Morgan fingerprint density at radius 2 is 1.47 bits per heavy atom. The first-order valence-electron chi connectivity index (χ1n) is 11.9. The van der Waals surface area contributed by atoms with Crippen molar-refractivity contribution in [3.8, 4) is 0 Å². The number of carbonyl (C=O) groups is 1. The van der Waals surface area contributed by atoms with E-state index in [-0.39, 0.29) is 18.0 Å². The van der Waals surface area contributed by atoms with Gasteiger partial charge in [0, 0.05) is 24.2 Å². The predicted molar refractivity (Wildman–Crippen MR) is 161 cm³/mol. The van der Waals surface area contributed by atoms with Crippen LogP contribution in [0.15, 0.2) is 107 Å². The van der Waals surface area contributed by atoms with E-state index in [1.165, 1.54) is 16.2 Å². The lowest BCUT2D eigenvalue weighted by atomic mass is 10.3. The number of carbonyl (C=O) groups excluding carboxylic acids is 1. The minimum absolute atomic E-state index is 0.163. The molecule has 0 N–H and O–H groups in total. The van der Waals surface area contributed by atoms with Gasteiger partial charge >= 0.3 is 0 Å². The maximum atomic E-state index is 14.1. The van der Waals surface area contributed by atoms with Crippen LogP contribution in [-0.2, 0) is 11.3 Å². The summed E-state index contributed by atoms with van der Waals surface area (Å²) >= 11 is 8.76. The first-order valence-corrected chi connectivity index (χ1v) is 13.9. The lowest BCUT2D eigenvalue weighted by Gasteiger charge is -2.20. The van der Waals surface area contributed by atoms with Crippen LogP contribution in [0.5, 0.6) is 0 Å². The normalized spacial score (nSPS) is 17.9. The zero-order chi connectivity index (χ0) is 26.4. The number of aromatic nitrogens is 1. The summed E-state index contributed by atoms with van der Waals surface area (Å²) in [6.07, 6.45) is 1.67. The second-order valence-electron chi connectivity index (χ2n) is 8.65. The molecule has 3 heterocycles. The van der Waals surface area contributed by atoms with E-state index in [1.807, 2.05) is 96.9 Å². The van der Waals surface area contributed by atoms with Gasteiger partial charge in [-0.3, -0.25) is 24.0 Å². The molecule has 0 radical (unpaired) electrons. The number of thioether (sulfide) groups is 1. The second-order valence-corrected chi connectivity index (χ2v) is 11.0. The summed E-state index contributed by atoms with van der Waals surface area (Å²) in [5.41, 5.74) is 2.65. The molecule has 6 rings (SSSR count). The molecule has 2 aliphatic rings. The van der Waals surface area contributed by atoms with Gasteiger partial charge in [-0.05, 0) is 48.6 Å². The van der Waals surface area contributed by atoms with Crippen molar-refractivity contribution in [3.05, 3.63) is 117 Å². The van der Waals surface area contributed by atoms with Gasteiger partial charge in [0.05, 0.1) is 11.4 Å². The average Bonchev–Trinajstić information content (AvgIpc) is 3.53. The van der Waals surface area contributed by atoms with Crippen LogP contribution in [0.25, 0.3) is 10.7 Å². The fourth-order valence-electron chi connectivity index (χ4n) is 4.61. The monoisotopic (exact) mass is 554 g/mol. The van der Waals surface area contributed by atoms with Crippen molar-refractivity contribution < 1.29 is 4.79 Å². The van der Waals surface area contributed by atoms with Crippen LogP contribution in [0.2, 0.25) is 0 Å². The summed E-state index contributed by atoms with van der Waals surface area (Å²) in [5, 5.41) is 1.17. The molecule has 9 heteroatoms. The number of hydrogen-bond acceptors (Lipinski definition) is 6. The summed E-state index contributed by atoms with van der Waals surface area (Å²) in [5.74, 6) is -0.281. The Hall–Kier alpha value is -3.92. The maximum Gasteiger partial charge on any atom is 0.284 e. The van der Waals surface area contributed by atoms with Crippen LogP contribution in [0.1, 0.15) is 0 Å². The number of thiocarbonyl (C=S) groups is 1. The van der Waals surface area contributed by atoms with Crippen molar-refractivity contribution in [2.75, 3.05) is 21.7 Å². The molecule has 0 spiro atoms. The molecule has 3 aromatic carbocycles. The molecule has 1 amide bonds. The highest BCUT2D eigenvalue weighted by molar-refractivity contribution is 8.08. The van der Waals surface area contributed by atoms with E-state index in [0.717, 1.165) is 21.3 Å². The van der Waals surface area contributed by atoms with Crippen LogP contribution in [-0.4, -0.2) is 22.6 Å². The lowest BCUT2D eigenvalue weighted by molar-refractivity contribution is -0.112. The van der Waals surface area contributed by atoms with Gasteiger partial charge in [0.1, 0.15) is 19.9 Å². The second kappa shape index (κ2) is 9.75. The third-order valence-corrected chi connectivity index (χ3v) is 9.28. The van der Waals surface area contributed by atoms with Crippen molar-refractivity contribution in [2.24, 2.45) is 0 Å². The first-order chi connectivity index (χ1) is 18.5. The molecule has 1 aromatic heterocycles. The molecule has 0 unspecified atom stereocenters. The summed E-state index contributed by atoms with van der Waals surface area (Å²) in [4.78, 5) is 34.4. The Morgan fingerprint density at radius 1 is 0.868 bits per heavy atom. The molecule has 38 heavy (non-hydrogen) atoms. The van der Waals surface area contributed by atoms with Crippen LogP contribution in [0, 0.1) is 0 Å². The number of hydrogen-bond donors (Lipinski definition) is 0. The molecule has 2 aliphatic heterocycles. The van der Waals surface area contributed by atoms with Gasteiger partial charge in [-0.15, -0.1) is 17.9 Å². The number of para-hydroxylation sites is 3. The number of fused-ring (bicyclic) bond motifs is 1. The summed E-state index contributed by atoms with van der Waals surface area (Å²) in [6, 6.07) is 26.9. The van der Waals surface area contributed by atoms with E-state index in [1.54, 1.807) is 27.3 Å². The smallest absolute Gasteiger partial charge is 0.284 e. The molecule has 0 saturated carbocycles. The van der Waals surface area contributed by atoms with Gasteiger partial charge in [0.2, 0.25) is 0 Å². The number of thiazole rings is 1. The van der Waals surface area contributed by atoms with Gasteiger partial charge < -0.3 is 4.90 Å². The largest absolute Gasteiger partial charge is 0.337 e. The van der Waals surface area contributed by atoms with E-state index < -0.39 is 0 Å². The minimum Gasteiger partial charge on any atom is -0.337 e. The molecule has 0 atom stereocenters. The summed E-state index contributed by atoms with van der Waals surface area (Å²) in [6.45, 7) is 4.13. The average molecular weight is 555 g/mol. The fourth-order valence-corrected chi connectivity index (χ4v) is 7.48. The van der Waals surface area contributed by atoms with E-state index in [0.29, 0.717) is 25.7 Å². The molecule has 188 valence electrons. The highest BCUT2D eigenvalue weighted by Gasteiger charge is 2.41. The Morgan fingerprint density at radius 3 is 2.11 bits per heavy atom. The van der Waals surface area contributed by atoms with Gasteiger partial charge in [0.15, 0.2) is 5.11 Å². The van der Waals surface area contributed by atoms with Crippen molar-refractivity contribution in [3.63, 3.8) is 0 Å². The topological polar surface area (TPSA) is 48.8 Å². The number of amides is 1. The van der Waals surface area contributed by atoms with E-state index in [2.05, 4.69) is 6.58 Å². The third-order valence-electron chi connectivity index (χ3n) is 6.37. The van der Waals surface area contributed by atoms with Gasteiger partial charge in [-0.25, -0.2) is 0 Å². The fraction of sp³-hybridized carbons (Fsp3) is 0.0690. The molecule has 4 aromatic rings. The molecule has 1 saturated heterocycles. The van der Waals surface area contributed by atoms with Crippen molar-refractivity contribution in [1.82, 2.24) is 4.57 Å². The Balaban J connectivity index is 1.67. The number of benzene rings is 3. The van der Waals surface area contributed by atoms with E-state index >= 15 is 0 Å². The molecular weight excluding hydrogens is 533 g/mol. The molecule has 1 fully saturated rings. The van der Waals surface area contributed by atoms with Crippen LogP contribution < -0.4 is 29.5 Å². The quantitative estimate of drug-likeness (QED) is 0.276. The lowest BCUT2D eigenvalue weighted by Crippen LogP contribution is -2.36. The third kappa shape index (κ3) is 3.82. The van der Waals surface area contributed by atoms with Gasteiger partial charge in [0.25, 0.3) is 11.5 Å². The van der Waals surface area contributed by atoms with Crippen LogP contribution >= 0.6 is 35.3 Å². The number of nitrogens with zero attached hydrogens (tertiary/aromatic N) is 4. The molecule has 0 aliphatic carbocycles. The number of allylic oxidation sites excluding steroid dienone is 1. The van der Waals surface area contributed by atoms with Crippen molar-refractivity contribution >= 4 is 74.1 Å². The zero-order valence-electron chi connectivity index (χ0n) is 20.4. The van der Waals surface area contributed by atoms with Gasteiger partial charge in [-0.2, -0.15) is 0 Å². The molecule has 6 nitrogen and oxygen atoms in total. The molecular formula is C29H22N4O2S3. The predicted octanol–water partition coefficient (Wildman–Crippen LogP) is 4.35. The Labute approximate surface area is 233 Å². The minimum atomic E-state index is -0.281. The highest BCUT2D eigenvalue weighted by Crippen LogP contribution is 2.45. The standard InChI is InChI=1S/C29H22N4O2S3/c1-3-18-31-26(35)24(28-30(2)21-16-10-11-17-22(21)37-28)38-27(31)23-25(34)33(20-14-8-5-9-15-20)29(36)32(23)19-12-6-4-7-13-19/h3-17H,1,18H2,2H3. The SMILES string of the molecule is C=CCn1c(=C2C(=O)N(c3ccccc3)C(=S)N2c2ccccc2)sc(=C2Sc3ccccc3N2C)c1=O. The Kier molecular flexibility index (Phi) is 6.27. The van der Waals surface area contributed by atoms with Crippen LogP contribution in [0.4, 0.5) is 17.1 Å². The zero-order valence-corrected chi connectivity index (χ0v) is 22.9. The number of anilines is 3. The van der Waals surface area contributed by atoms with Crippen molar-refractivity contribution in [2.45, 2.75) is 11.4 Å². The maximum absolute atomic E-state index is 14.1. The first kappa shape index (κ1) is 24.4. The summed E-state index contributed by atoms with van der Waals surface area (Å²) in [7, 11) is 1.96.